The van der Waals surface area contributed by atoms with E-state index in [1.165, 1.54) is 19.1 Å². The minimum absolute atomic E-state index is 0.0828. The molecule has 0 spiro atoms. The standard InChI is InChI=1S/C16H13F2NO4S/c1-9-13(18)6-11(16(20)21)7-15(9)24(22,23)19-5-4-10-2-3-12(17)8-14(10)19/h2-3,6-8H,4-5H2,1H3,(H,20,21). The zero-order valence-corrected chi connectivity index (χ0v) is 13.4. The van der Waals surface area contributed by atoms with E-state index in [0.717, 1.165) is 22.5 Å². The Balaban J connectivity index is 2.17. The Morgan fingerprint density at radius 2 is 1.92 bits per heavy atom. The molecule has 1 aliphatic rings. The molecule has 24 heavy (non-hydrogen) atoms. The van der Waals surface area contributed by atoms with Crippen LogP contribution in [0.4, 0.5) is 14.5 Å². The summed E-state index contributed by atoms with van der Waals surface area (Å²) in [7, 11) is -4.21. The maximum atomic E-state index is 14.0. The van der Waals surface area contributed by atoms with Gasteiger partial charge in [0, 0.05) is 12.1 Å². The molecule has 0 saturated carbocycles. The van der Waals surface area contributed by atoms with E-state index < -0.39 is 38.1 Å². The van der Waals surface area contributed by atoms with E-state index in [0.29, 0.717) is 12.0 Å². The molecule has 0 atom stereocenters. The van der Waals surface area contributed by atoms with Crippen LogP contribution in [0.15, 0.2) is 35.2 Å². The monoisotopic (exact) mass is 353 g/mol. The molecular formula is C16H13F2NO4S. The van der Waals surface area contributed by atoms with Crippen LogP contribution in [-0.4, -0.2) is 26.0 Å². The van der Waals surface area contributed by atoms with Crippen molar-refractivity contribution in [1.29, 1.82) is 0 Å². The summed E-state index contributed by atoms with van der Waals surface area (Å²) in [6, 6.07) is 5.54. The van der Waals surface area contributed by atoms with Gasteiger partial charge in [0.05, 0.1) is 16.1 Å². The molecule has 0 saturated heterocycles. The molecule has 5 nitrogen and oxygen atoms in total. The van der Waals surface area contributed by atoms with Gasteiger partial charge in [-0.15, -0.1) is 0 Å². The summed E-state index contributed by atoms with van der Waals surface area (Å²) in [5.41, 5.74) is 0.211. The van der Waals surface area contributed by atoms with Crippen LogP contribution in [0.3, 0.4) is 0 Å². The predicted octanol–water partition coefficient (Wildman–Crippen LogP) is 2.72. The first kappa shape index (κ1) is 16.4. The van der Waals surface area contributed by atoms with E-state index >= 15 is 0 Å². The molecule has 8 heteroatoms. The molecule has 0 aromatic heterocycles. The highest BCUT2D eigenvalue weighted by Gasteiger charge is 2.33. The number of aromatic carboxylic acids is 1. The van der Waals surface area contributed by atoms with Gasteiger partial charge in [0.25, 0.3) is 10.0 Å². The number of hydrogen-bond donors (Lipinski definition) is 1. The van der Waals surface area contributed by atoms with Gasteiger partial charge in [-0.25, -0.2) is 22.0 Å². The number of nitrogens with zero attached hydrogens (tertiary/aromatic N) is 1. The van der Waals surface area contributed by atoms with Crippen molar-refractivity contribution in [1.82, 2.24) is 0 Å². The van der Waals surface area contributed by atoms with Crippen molar-refractivity contribution in [2.24, 2.45) is 0 Å². The fourth-order valence-electron chi connectivity index (χ4n) is 2.74. The number of fused-ring (bicyclic) bond motifs is 1. The normalized spacial score (nSPS) is 13.9. The Labute approximate surface area is 137 Å². The van der Waals surface area contributed by atoms with Crippen LogP contribution in [0.5, 0.6) is 0 Å². The third-order valence-corrected chi connectivity index (χ3v) is 5.95. The second-order valence-corrected chi connectivity index (χ2v) is 7.32. The van der Waals surface area contributed by atoms with Crippen molar-refractivity contribution in [3.63, 3.8) is 0 Å². The first-order valence-electron chi connectivity index (χ1n) is 7.06. The highest BCUT2D eigenvalue weighted by molar-refractivity contribution is 7.93. The molecule has 1 N–H and O–H groups in total. The molecule has 2 aromatic carbocycles. The number of anilines is 1. The molecule has 1 aliphatic heterocycles. The SMILES string of the molecule is Cc1c(F)cc(C(=O)O)cc1S(=O)(=O)N1CCc2ccc(F)cc21. The molecule has 0 bridgehead atoms. The van der Waals surface area contributed by atoms with Crippen molar-refractivity contribution >= 4 is 21.7 Å². The lowest BCUT2D eigenvalue weighted by atomic mass is 10.1. The van der Waals surface area contributed by atoms with Crippen molar-refractivity contribution < 1.29 is 27.1 Å². The zero-order chi connectivity index (χ0) is 17.6. The molecular weight excluding hydrogens is 340 g/mol. The van der Waals surface area contributed by atoms with Gasteiger partial charge in [-0.2, -0.15) is 0 Å². The second-order valence-electron chi connectivity index (χ2n) is 5.49. The molecule has 0 fully saturated rings. The third kappa shape index (κ3) is 2.52. The molecule has 3 rings (SSSR count). The molecule has 0 unspecified atom stereocenters. The summed E-state index contributed by atoms with van der Waals surface area (Å²) < 4.78 is 54.2. The van der Waals surface area contributed by atoms with E-state index in [-0.39, 0.29) is 17.8 Å². The first-order chi connectivity index (χ1) is 11.2. The predicted molar refractivity (Wildman–Crippen MR) is 82.7 cm³/mol. The summed E-state index contributed by atoms with van der Waals surface area (Å²) in [5, 5.41) is 9.03. The molecule has 0 amide bonds. The van der Waals surface area contributed by atoms with Crippen molar-refractivity contribution in [2.75, 3.05) is 10.8 Å². The van der Waals surface area contributed by atoms with Crippen LogP contribution >= 0.6 is 0 Å². The highest BCUT2D eigenvalue weighted by atomic mass is 32.2. The molecule has 1 heterocycles. The third-order valence-electron chi connectivity index (χ3n) is 4.01. The summed E-state index contributed by atoms with van der Waals surface area (Å²) in [6.45, 7) is 1.34. The van der Waals surface area contributed by atoms with Gasteiger partial charge >= 0.3 is 5.97 Å². The quantitative estimate of drug-likeness (QED) is 0.921. The van der Waals surface area contributed by atoms with Gasteiger partial charge in [-0.3, -0.25) is 4.31 Å². The molecule has 126 valence electrons. The van der Waals surface area contributed by atoms with E-state index in [1.54, 1.807) is 0 Å². The van der Waals surface area contributed by atoms with Crippen LogP contribution < -0.4 is 4.31 Å². The van der Waals surface area contributed by atoms with Crippen LogP contribution in [-0.2, 0) is 16.4 Å². The average Bonchev–Trinajstić information content (AvgIpc) is 2.93. The Morgan fingerprint density at radius 1 is 1.21 bits per heavy atom. The van der Waals surface area contributed by atoms with E-state index in [4.69, 9.17) is 5.11 Å². The number of carbonyl (C=O) groups is 1. The molecule has 0 radical (unpaired) electrons. The van der Waals surface area contributed by atoms with E-state index in [9.17, 15) is 22.0 Å². The first-order valence-corrected chi connectivity index (χ1v) is 8.50. The fraction of sp³-hybridized carbons (Fsp3) is 0.188. The Bertz CT molecular complexity index is 957. The van der Waals surface area contributed by atoms with Crippen LogP contribution in [0.25, 0.3) is 0 Å². The lowest BCUT2D eigenvalue weighted by Crippen LogP contribution is -2.30. The van der Waals surface area contributed by atoms with Gasteiger partial charge in [-0.05, 0) is 43.2 Å². The van der Waals surface area contributed by atoms with Gasteiger partial charge < -0.3 is 5.11 Å². The number of hydrogen-bond acceptors (Lipinski definition) is 3. The average molecular weight is 353 g/mol. The number of carboxylic acids is 1. The summed E-state index contributed by atoms with van der Waals surface area (Å²) >= 11 is 0. The van der Waals surface area contributed by atoms with Gasteiger partial charge in [0.2, 0.25) is 0 Å². The number of halogens is 2. The maximum Gasteiger partial charge on any atom is 0.335 e. The summed E-state index contributed by atoms with van der Waals surface area (Å²) in [5.74, 6) is -2.94. The fourth-order valence-corrected chi connectivity index (χ4v) is 4.49. The van der Waals surface area contributed by atoms with Crippen molar-refractivity contribution in [3.8, 4) is 0 Å². The smallest absolute Gasteiger partial charge is 0.335 e. The highest BCUT2D eigenvalue weighted by Crippen LogP contribution is 2.35. The van der Waals surface area contributed by atoms with E-state index in [1.807, 2.05) is 0 Å². The van der Waals surface area contributed by atoms with Crippen molar-refractivity contribution in [2.45, 2.75) is 18.2 Å². The summed E-state index contributed by atoms with van der Waals surface area (Å²) in [4.78, 5) is 10.6. The number of rotatable bonds is 3. The van der Waals surface area contributed by atoms with Gasteiger partial charge in [-0.1, -0.05) is 6.07 Å². The lowest BCUT2D eigenvalue weighted by Gasteiger charge is -2.21. The zero-order valence-electron chi connectivity index (χ0n) is 12.6. The summed E-state index contributed by atoms with van der Waals surface area (Å²) in [6.07, 6.45) is 0.398. The minimum atomic E-state index is -4.21. The topological polar surface area (TPSA) is 74.7 Å². The van der Waals surface area contributed by atoms with Crippen LogP contribution in [0, 0.1) is 18.6 Å². The Morgan fingerprint density at radius 3 is 2.58 bits per heavy atom. The van der Waals surface area contributed by atoms with E-state index in [2.05, 4.69) is 0 Å². The lowest BCUT2D eigenvalue weighted by molar-refractivity contribution is 0.0696. The van der Waals surface area contributed by atoms with Gasteiger partial charge in [0.1, 0.15) is 11.6 Å². The van der Waals surface area contributed by atoms with Crippen molar-refractivity contribution in [3.05, 3.63) is 58.7 Å². The van der Waals surface area contributed by atoms with Crippen LogP contribution in [0.2, 0.25) is 0 Å². The largest absolute Gasteiger partial charge is 0.478 e. The maximum absolute atomic E-state index is 14.0. The number of carboxylic acid groups (broad SMARTS) is 1. The Kier molecular flexibility index (Phi) is 3.79. The second kappa shape index (κ2) is 5.55. The minimum Gasteiger partial charge on any atom is -0.478 e. The van der Waals surface area contributed by atoms with Crippen LogP contribution in [0.1, 0.15) is 21.5 Å². The number of sulfonamides is 1. The van der Waals surface area contributed by atoms with Gasteiger partial charge in [0.15, 0.2) is 0 Å². The number of benzene rings is 2. The molecule has 0 aliphatic carbocycles. The Hall–Kier alpha value is -2.48. The molecule has 2 aromatic rings.